The number of carbonyl (C=O) groups is 1. The first-order valence-corrected chi connectivity index (χ1v) is 9.56. The number of nitrogens with one attached hydrogen (secondary N) is 1. The molecule has 0 fully saturated rings. The molecule has 27 heavy (non-hydrogen) atoms. The van der Waals surface area contributed by atoms with E-state index in [1.807, 2.05) is 0 Å². The zero-order chi connectivity index (χ0) is 19.6. The molecule has 11 heteroatoms. The Morgan fingerprint density at radius 3 is 2.52 bits per heavy atom. The van der Waals surface area contributed by atoms with E-state index in [0.717, 1.165) is 0 Å². The maximum absolute atomic E-state index is 12.5. The first-order chi connectivity index (χ1) is 12.8. The Hall–Kier alpha value is -2.00. The van der Waals surface area contributed by atoms with E-state index in [-0.39, 0.29) is 21.7 Å². The highest BCUT2D eigenvalue weighted by Crippen LogP contribution is 2.33. The van der Waals surface area contributed by atoms with E-state index in [9.17, 15) is 9.90 Å². The lowest BCUT2D eigenvalue weighted by Gasteiger charge is -2.13. The quantitative estimate of drug-likeness (QED) is 0.446. The van der Waals surface area contributed by atoms with E-state index in [0.29, 0.717) is 21.6 Å². The van der Waals surface area contributed by atoms with Gasteiger partial charge >= 0.3 is 0 Å². The normalized spacial score (nSPS) is 12.0. The summed E-state index contributed by atoms with van der Waals surface area (Å²) in [6.07, 6.45) is 0. The van der Waals surface area contributed by atoms with Crippen LogP contribution in [0.3, 0.4) is 0 Å². The maximum atomic E-state index is 12.5. The Morgan fingerprint density at radius 2 is 1.81 bits per heavy atom. The number of phenolic OH excluding ortho intramolecular Hbond substituents is 1. The van der Waals surface area contributed by atoms with Crippen molar-refractivity contribution in [2.75, 3.05) is 5.32 Å². The van der Waals surface area contributed by atoms with E-state index in [4.69, 9.17) is 34.8 Å². The van der Waals surface area contributed by atoms with Crippen LogP contribution in [0.25, 0.3) is 5.69 Å². The lowest BCUT2D eigenvalue weighted by atomic mass is 10.3. The third-order valence-corrected chi connectivity index (χ3v) is 5.52. The molecular formula is C16H12Cl3N5O2S. The number of hydrogen-bond donors (Lipinski definition) is 2. The predicted molar refractivity (Wildman–Crippen MR) is 106 cm³/mol. The monoisotopic (exact) mass is 443 g/mol. The fourth-order valence-electron chi connectivity index (χ4n) is 2.07. The van der Waals surface area contributed by atoms with Crippen molar-refractivity contribution in [1.82, 2.24) is 20.2 Å². The summed E-state index contributed by atoms with van der Waals surface area (Å²) >= 11 is 19.1. The smallest absolute Gasteiger partial charge is 0.237 e. The third kappa shape index (κ3) is 4.65. The van der Waals surface area contributed by atoms with Gasteiger partial charge in [-0.25, -0.2) is 0 Å². The molecule has 1 unspecified atom stereocenters. The zero-order valence-electron chi connectivity index (χ0n) is 13.7. The van der Waals surface area contributed by atoms with Gasteiger partial charge in [0, 0.05) is 0 Å². The number of benzene rings is 2. The molecule has 1 heterocycles. The van der Waals surface area contributed by atoms with Crippen LogP contribution in [0, 0.1) is 0 Å². The standard InChI is InChI=1S/C16H12Cl3N5O2S/c1-8(15(26)20-14-7-12(18)11(17)6-13(14)19)27-16-21-22-23-24(16)9-2-4-10(25)5-3-9/h2-8,25H,1H3,(H,20,26). The highest BCUT2D eigenvalue weighted by Gasteiger charge is 2.20. The van der Waals surface area contributed by atoms with Crippen LogP contribution in [-0.2, 0) is 4.79 Å². The van der Waals surface area contributed by atoms with E-state index in [1.165, 1.54) is 40.7 Å². The molecule has 1 atom stereocenters. The number of nitrogens with zero attached hydrogens (tertiary/aromatic N) is 4. The fraction of sp³-hybridized carbons (Fsp3) is 0.125. The molecule has 2 aromatic carbocycles. The second-order valence-electron chi connectivity index (χ2n) is 5.39. The Labute approximate surface area is 173 Å². The van der Waals surface area contributed by atoms with Crippen molar-refractivity contribution in [3.8, 4) is 11.4 Å². The number of hydrogen-bond acceptors (Lipinski definition) is 6. The third-order valence-electron chi connectivity index (χ3n) is 3.45. The van der Waals surface area contributed by atoms with Gasteiger partial charge < -0.3 is 10.4 Å². The number of thioether (sulfide) groups is 1. The Morgan fingerprint density at radius 1 is 1.15 bits per heavy atom. The lowest BCUT2D eigenvalue weighted by molar-refractivity contribution is -0.115. The molecule has 1 aromatic heterocycles. The first kappa shape index (κ1) is 19.8. The van der Waals surface area contributed by atoms with Crippen LogP contribution in [0.2, 0.25) is 15.1 Å². The summed E-state index contributed by atoms with van der Waals surface area (Å²) in [5.74, 6) is -0.173. The van der Waals surface area contributed by atoms with Crippen LogP contribution in [-0.4, -0.2) is 36.5 Å². The van der Waals surface area contributed by atoms with Gasteiger partial charge in [-0.15, -0.1) is 5.10 Å². The second kappa shape index (κ2) is 8.35. The lowest BCUT2D eigenvalue weighted by Crippen LogP contribution is -2.23. The van der Waals surface area contributed by atoms with Crippen molar-refractivity contribution in [1.29, 1.82) is 0 Å². The van der Waals surface area contributed by atoms with E-state index >= 15 is 0 Å². The van der Waals surface area contributed by atoms with Gasteiger partial charge in [-0.2, -0.15) is 4.68 Å². The zero-order valence-corrected chi connectivity index (χ0v) is 16.8. The van der Waals surface area contributed by atoms with Gasteiger partial charge in [0.15, 0.2) is 0 Å². The minimum atomic E-state index is -0.530. The van der Waals surface area contributed by atoms with Gasteiger partial charge in [0.25, 0.3) is 0 Å². The van der Waals surface area contributed by atoms with Crippen molar-refractivity contribution >= 4 is 58.2 Å². The van der Waals surface area contributed by atoms with Crippen LogP contribution in [0.15, 0.2) is 41.6 Å². The highest BCUT2D eigenvalue weighted by atomic mass is 35.5. The van der Waals surface area contributed by atoms with Crippen molar-refractivity contribution in [2.45, 2.75) is 17.3 Å². The number of halogens is 3. The molecule has 0 aliphatic carbocycles. The number of tetrazole rings is 1. The number of amides is 1. The van der Waals surface area contributed by atoms with Gasteiger partial charge in [-0.3, -0.25) is 4.79 Å². The molecule has 0 radical (unpaired) electrons. The van der Waals surface area contributed by atoms with Gasteiger partial charge in [0.2, 0.25) is 11.1 Å². The Kier molecular flexibility index (Phi) is 6.11. The summed E-state index contributed by atoms with van der Waals surface area (Å²) in [6.45, 7) is 1.71. The number of aromatic nitrogens is 4. The number of carbonyl (C=O) groups excluding carboxylic acids is 1. The summed E-state index contributed by atoms with van der Waals surface area (Å²) in [5, 5.41) is 24.4. The molecule has 2 N–H and O–H groups in total. The summed E-state index contributed by atoms with van der Waals surface area (Å²) in [4.78, 5) is 12.5. The second-order valence-corrected chi connectivity index (χ2v) is 7.91. The molecular weight excluding hydrogens is 433 g/mol. The Bertz CT molecular complexity index is 981. The van der Waals surface area contributed by atoms with E-state index < -0.39 is 5.25 Å². The summed E-state index contributed by atoms with van der Waals surface area (Å²) < 4.78 is 1.47. The molecule has 0 saturated carbocycles. The highest BCUT2D eigenvalue weighted by molar-refractivity contribution is 8.00. The van der Waals surface area contributed by atoms with Crippen molar-refractivity contribution in [3.05, 3.63) is 51.5 Å². The fourth-order valence-corrected chi connectivity index (χ4v) is 3.47. The minimum absolute atomic E-state index is 0.132. The SMILES string of the molecule is CC(Sc1nnnn1-c1ccc(O)cc1)C(=O)Nc1cc(Cl)c(Cl)cc1Cl. The summed E-state index contributed by atoms with van der Waals surface area (Å²) in [5.41, 5.74) is 1.02. The van der Waals surface area contributed by atoms with Crippen LogP contribution in [0.1, 0.15) is 6.92 Å². The van der Waals surface area contributed by atoms with Crippen LogP contribution < -0.4 is 5.32 Å². The van der Waals surface area contributed by atoms with E-state index in [1.54, 1.807) is 19.1 Å². The van der Waals surface area contributed by atoms with Gasteiger partial charge in [0.1, 0.15) is 5.75 Å². The molecule has 0 aliphatic heterocycles. The molecule has 0 saturated heterocycles. The first-order valence-electron chi connectivity index (χ1n) is 7.55. The van der Waals surface area contributed by atoms with Crippen LogP contribution in [0.5, 0.6) is 5.75 Å². The topological polar surface area (TPSA) is 92.9 Å². The molecule has 0 aliphatic rings. The average molecular weight is 445 g/mol. The molecule has 1 amide bonds. The van der Waals surface area contributed by atoms with Gasteiger partial charge in [0.05, 0.1) is 31.7 Å². The maximum Gasteiger partial charge on any atom is 0.237 e. The number of phenols is 1. The number of aromatic hydroxyl groups is 1. The van der Waals surface area contributed by atoms with Gasteiger partial charge in [-0.1, -0.05) is 46.6 Å². The largest absolute Gasteiger partial charge is 0.508 e. The molecule has 7 nitrogen and oxygen atoms in total. The number of anilines is 1. The average Bonchev–Trinajstić information content (AvgIpc) is 3.08. The van der Waals surface area contributed by atoms with Crippen molar-refractivity contribution in [2.24, 2.45) is 0 Å². The summed E-state index contributed by atoms with van der Waals surface area (Å²) in [7, 11) is 0. The number of rotatable bonds is 5. The van der Waals surface area contributed by atoms with Crippen molar-refractivity contribution < 1.29 is 9.90 Å². The molecule has 0 bridgehead atoms. The minimum Gasteiger partial charge on any atom is -0.508 e. The molecule has 3 aromatic rings. The van der Waals surface area contributed by atoms with Gasteiger partial charge in [-0.05, 0) is 53.7 Å². The molecule has 0 spiro atoms. The Balaban J connectivity index is 1.74. The van der Waals surface area contributed by atoms with Crippen LogP contribution in [0.4, 0.5) is 5.69 Å². The summed E-state index contributed by atoms with van der Waals surface area (Å²) in [6, 6.07) is 9.32. The predicted octanol–water partition coefficient (Wildman–Crippen LogP) is 4.45. The van der Waals surface area contributed by atoms with E-state index in [2.05, 4.69) is 20.8 Å². The van der Waals surface area contributed by atoms with Crippen molar-refractivity contribution in [3.63, 3.8) is 0 Å². The van der Waals surface area contributed by atoms with Crippen LogP contribution >= 0.6 is 46.6 Å². The molecule has 3 rings (SSSR count). The molecule has 140 valence electrons.